The van der Waals surface area contributed by atoms with Gasteiger partial charge in [-0.25, -0.2) is 13.2 Å². The maximum atomic E-state index is 13.0. The van der Waals surface area contributed by atoms with Crippen LogP contribution >= 0.6 is 0 Å². The molecule has 78 valence electrons. The third-order valence-electron chi connectivity index (χ3n) is 1.82. The molecule has 0 heterocycles. The second-order valence-corrected chi connectivity index (χ2v) is 2.84. The lowest BCUT2D eigenvalue weighted by Crippen LogP contribution is -2.18. The number of likely N-dealkylation sites (N-methyl/N-ethyl adjacent to an activating group) is 1. The molecule has 5 heteroatoms. The Bertz CT molecular complexity index is 330. The van der Waals surface area contributed by atoms with E-state index < -0.39 is 23.6 Å². The number of halogens is 3. The van der Waals surface area contributed by atoms with Gasteiger partial charge in [-0.2, -0.15) is 0 Å². The highest BCUT2D eigenvalue weighted by atomic mass is 19.2. The van der Waals surface area contributed by atoms with Gasteiger partial charge in [-0.3, -0.25) is 0 Å². The number of rotatable bonds is 3. The summed E-state index contributed by atoms with van der Waals surface area (Å²) in [6.07, 6.45) is -1.19. The van der Waals surface area contributed by atoms with Gasteiger partial charge in [0.05, 0.1) is 6.10 Å². The fraction of sp³-hybridized carbons (Fsp3) is 0.333. The molecule has 0 fully saturated rings. The molecule has 0 amide bonds. The van der Waals surface area contributed by atoms with Crippen molar-refractivity contribution < 1.29 is 18.3 Å². The maximum Gasteiger partial charge on any atom is 0.194 e. The summed E-state index contributed by atoms with van der Waals surface area (Å²) in [7, 11) is 1.56. The number of hydrogen-bond acceptors (Lipinski definition) is 2. The van der Waals surface area contributed by atoms with Crippen LogP contribution in [0.15, 0.2) is 12.1 Å². The molecule has 0 saturated carbocycles. The average Bonchev–Trinajstić information content (AvgIpc) is 2.15. The number of aliphatic hydroxyl groups excluding tert-OH is 1. The summed E-state index contributed by atoms with van der Waals surface area (Å²) in [6.45, 7) is 0.0714. The largest absolute Gasteiger partial charge is 0.387 e. The molecular formula is C9H10F3NO. The number of hydrogen-bond donors (Lipinski definition) is 2. The lowest BCUT2D eigenvalue weighted by molar-refractivity contribution is 0.171. The predicted molar refractivity (Wildman–Crippen MR) is 45.2 cm³/mol. The van der Waals surface area contributed by atoms with Gasteiger partial charge in [0.25, 0.3) is 0 Å². The molecule has 0 saturated heterocycles. The van der Waals surface area contributed by atoms with Gasteiger partial charge in [0.2, 0.25) is 0 Å². The van der Waals surface area contributed by atoms with Crippen molar-refractivity contribution in [3.63, 3.8) is 0 Å². The molecule has 0 aliphatic heterocycles. The fourth-order valence-corrected chi connectivity index (χ4v) is 1.10. The zero-order chi connectivity index (χ0) is 10.7. The van der Waals surface area contributed by atoms with Gasteiger partial charge in [-0.15, -0.1) is 0 Å². The summed E-state index contributed by atoms with van der Waals surface area (Å²) in [5.74, 6) is -4.16. The van der Waals surface area contributed by atoms with Gasteiger partial charge in [-0.05, 0) is 13.1 Å². The van der Waals surface area contributed by atoms with E-state index in [1.165, 1.54) is 0 Å². The molecule has 1 atom stereocenters. The van der Waals surface area contributed by atoms with Gasteiger partial charge < -0.3 is 10.4 Å². The normalized spacial score (nSPS) is 12.9. The van der Waals surface area contributed by atoms with E-state index in [1.54, 1.807) is 7.05 Å². The Morgan fingerprint density at radius 1 is 1.29 bits per heavy atom. The standard InChI is InChI=1S/C9H10F3NO/c1-13-4-7(14)5-2-3-6(10)9(12)8(5)11/h2-3,7,13-14H,4H2,1H3. The van der Waals surface area contributed by atoms with E-state index in [4.69, 9.17) is 0 Å². The lowest BCUT2D eigenvalue weighted by atomic mass is 10.1. The molecule has 1 aromatic rings. The zero-order valence-corrected chi connectivity index (χ0v) is 7.52. The second kappa shape index (κ2) is 4.43. The quantitative estimate of drug-likeness (QED) is 0.730. The summed E-state index contributed by atoms with van der Waals surface area (Å²) in [6, 6.07) is 1.81. The first-order valence-electron chi connectivity index (χ1n) is 4.04. The topological polar surface area (TPSA) is 32.3 Å². The zero-order valence-electron chi connectivity index (χ0n) is 7.52. The van der Waals surface area contributed by atoms with E-state index in [0.717, 1.165) is 12.1 Å². The molecular weight excluding hydrogens is 195 g/mol. The SMILES string of the molecule is CNCC(O)c1ccc(F)c(F)c1F. The highest BCUT2D eigenvalue weighted by Crippen LogP contribution is 2.20. The van der Waals surface area contributed by atoms with Crippen LogP contribution in [0.2, 0.25) is 0 Å². The number of benzene rings is 1. The second-order valence-electron chi connectivity index (χ2n) is 2.84. The molecule has 2 nitrogen and oxygen atoms in total. The molecule has 1 aromatic carbocycles. The van der Waals surface area contributed by atoms with Crippen molar-refractivity contribution in [3.05, 3.63) is 35.1 Å². The molecule has 0 spiro atoms. The first-order chi connectivity index (χ1) is 6.57. The first kappa shape index (κ1) is 11.0. The van der Waals surface area contributed by atoms with Crippen molar-refractivity contribution >= 4 is 0 Å². The Labute approximate surface area is 79.4 Å². The lowest BCUT2D eigenvalue weighted by Gasteiger charge is -2.11. The third kappa shape index (κ3) is 2.05. The number of aliphatic hydroxyl groups is 1. The van der Waals surface area contributed by atoms with Gasteiger partial charge >= 0.3 is 0 Å². The summed E-state index contributed by atoms with van der Waals surface area (Å²) in [4.78, 5) is 0. The Hall–Kier alpha value is -1.07. The first-order valence-corrected chi connectivity index (χ1v) is 4.04. The monoisotopic (exact) mass is 205 g/mol. The van der Waals surface area contributed by atoms with Crippen LogP contribution in [0, 0.1) is 17.5 Å². The Morgan fingerprint density at radius 2 is 1.93 bits per heavy atom. The van der Waals surface area contributed by atoms with Crippen LogP contribution in [0.25, 0.3) is 0 Å². The molecule has 1 rings (SSSR count). The van der Waals surface area contributed by atoms with Crippen LogP contribution in [0.4, 0.5) is 13.2 Å². The van der Waals surface area contributed by atoms with Crippen molar-refractivity contribution in [2.24, 2.45) is 0 Å². The molecule has 14 heavy (non-hydrogen) atoms. The Morgan fingerprint density at radius 3 is 2.50 bits per heavy atom. The van der Waals surface area contributed by atoms with Crippen molar-refractivity contribution in [3.8, 4) is 0 Å². The van der Waals surface area contributed by atoms with E-state index in [0.29, 0.717) is 0 Å². The molecule has 2 N–H and O–H groups in total. The van der Waals surface area contributed by atoms with Crippen LogP contribution in [0.5, 0.6) is 0 Å². The molecule has 1 unspecified atom stereocenters. The molecule has 0 radical (unpaired) electrons. The average molecular weight is 205 g/mol. The minimum Gasteiger partial charge on any atom is -0.387 e. The molecule has 0 aliphatic carbocycles. The summed E-state index contributed by atoms with van der Waals surface area (Å²) in [5, 5.41) is 11.9. The molecule has 0 aliphatic rings. The highest BCUT2D eigenvalue weighted by Gasteiger charge is 2.18. The number of nitrogens with one attached hydrogen (secondary N) is 1. The highest BCUT2D eigenvalue weighted by molar-refractivity contribution is 5.22. The Kier molecular flexibility index (Phi) is 3.49. The third-order valence-corrected chi connectivity index (χ3v) is 1.82. The minimum absolute atomic E-state index is 0.0714. The summed E-state index contributed by atoms with van der Waals surface area (Å²) >= 11 is 0. The molecule has 0 aromatic heterocycles. The van der Waals surface area contributed by atoms with Gasteiger partial charge in [0.1, 0.15) is 0 Å². The van der Waals surface area contributed by atoms with E-state index >= 15 is 0 Å². The van der Waals surface area contributed by atoms with Crippen molar-refractivity contribution in [2.75, 3.05) is 13.6 Å². The minimum atomic E-state index is -1.56. The fourth-order valence-electron chi connectivity index (χ4n) is 1.10. The van der Waals surface area contributed by atoms with Crippen molar-refractivity contribution in [1.29, 1.82) is 0 Å². The Balaban J connectivity index is 3.04. The molecule has 0 bridgehead atoms. The van der Waals surface area contributed by atoms with E-state index in [2.05, 4.69) is 5.32 Å². The van der Waals surface area contributed by atoms with Gasteiger partial charge in [-0.1, -0.05) is 6.07 Å². The smallest absolute Gasteiger partial charge is 0.194 e. The van der Waals surface area contributed by atoms with E-state index in [9.17, 15) is 18.3 Å². The van der Waals surface area contributed by atoms with Gasteiger partial charge in [0, 0.05) is 12.1 Å². The maximum absolute atomic E-state index is 13.0. The van der Waals surface area contributed by atoms with Crippen LogP contribution < -0.4 is 5.32 Å². The summed E-state index contributed by atoms with van der Waals surface area (Å²) in [5.41, 5.74) is -0.252. The van der Waals surface area contributed by atoms with Gasteiger partial charge in [0.15, 0.2) is 17.5 Å². The van der Waals surface area contributed by atoms with Crippen LogP contribution in [-0.2, 0) is 0 Å². The van der Waals surface area contributed by atoms with Crippen molar-refractivity contribution in [2.45, 2.75) is 6.10 Å². The van der Waals surface area contributed by atoms with Crippen molar-refractivity contribution in [1.82, 2.24) is 5.32 Å². The predicted octanol–water partition coefficient (Wildman–Crippen LogP) is 1.36. The van der Waals surface area contributed by atoms with Crippen LogP contribution in [0.3, 0.4) is 0 Å². The van der Waals surface area contributed by atoms with Crippen LogP contribution in [0.1, 0.15) is 11.7 Å². The van der Waals surface area contributed by atoms with Crippen LogP contribution in [-0.4, -0.2) is 18.7 Å². The summed E-state index contributed by atoms with van der Waals surface area (Å²) < 4.78 is 38.2. The van der Waals surface area contributed by atoms with E-state index in [-0.39, 0.29) is 12.1 Å². The van der Waals surface area contributed by atoms with E-state index in [1.807, 2.05) is 0 Å².